The van der Waals surface area contributed by atoms with Crippen molar-refractivity contribution < 1.29 is 4.92 Å². The molecule has 0 radical (unpaired) electrons. The van der Waals surface area contributed by atoms with E-state index in [1.165, 1.54) is 25.3 Å². The first kappa shape index (κ1) is 12.4. The molecule has 1 aliphatic rings. The SMILES string of the molecule is CC(Nc1ccc([N+](=O)[O-])c(C#N)c1)C1CCC1. The fraction of sp³-hybridized carbons (Fsp3) is 0.462. The van der Waals surface area contributed by atoms with Crippen molar-refractivity contribution in [3.05, 3.63) is 33.9 Å². The molecule has 18 heavy (non-hydrogen) atoms. The summed E-state index contributed by atoms with van der Waals surface area (Å²) in [4.78, 5) is 10.2. The first-order chi connectivity index (χ1) is 8.61. The summed E-state index contributed by atoms with van der Waals surface area (Å²) in [5.41, 5.74) is 0.738. The van der Waals surface area contributed by atoms with E-state index in [1.807, 2.05) is 6.07 Å². The Hall–Kier alpha value is -2.09. The monoisotopic (exact) mass is 245 g/mol. The molecule has 0 heterocycles. The molecular weight excluding hydrogens is 230 g/mol. The molecule has 1 fully saturated rings. The predicted octanol–water partition coefficient (Wildman–Crippen LogP) is 3.07. The molecule has 1 aromatic rings. The highest BCUT2D eigenvalue weighted by molar-refractivity contribution is 5.59. The van der Waals surface area contributed by atoms with Gasteiger partial charge in [0, 0.05) is 17.8 Å². The molecule has 1 N–H and O–H groups in total. The predicted molar refractivity (Wildman–Crippen MR) is 68.2 cm³/mol. The fourth-order valence-electron chi connectivity index (χ4n) is 2.20. The quantitative estimate of drug-likeness (QED) is 0.653. The summed E-state index contributed by atoms with van der Waals surface area (Å²) < 4.78 is 0. The molecule has 1 saturated carbocycles. The highest BCUT2D eigenvalue weighted by Crippen LogP contribution is 2.31. The maximum Gasteiger partial charge on any atom is 0.287 e. The van der Waals surface area contributed by atoms with E-state index < -0.39 is 4.92 Å². The van der Waals surface area contributed by atoms with E-state index in [0.29, 0.717) is 12.0 Å². The van der Waals surface area contributed by atoms with Crippen LogP contribution in [-0.2, 0) is 0 Å². The highest BCUT2D eigenvalue weighted by atomic mass is 16.6. The number of anilines is 1. The van der Waals surface area contributed by atoms with Gasteiger partial charge in [-0.05, 0) is 37.8 Å². The first-order valence-corrected chi connectivity index (χ1v) is 6.07. The number of rotatable bonds is 4. The minimum Gasteiger partial charge on any atom is -0.382 e. The Labute approximate surface area is 106 Å². The van der Waals surface area contributed by atoms with Crippen LogP contribution in [0.4, 0.5) is 11.4 Å². The third-order valence-electron chi connectivity index (χ3n) is 3.56. The van der Waals surface area contributed by atoms with Gasteiger partial charge in [-0.25, -0.2) is 0 Å². The Bertz CT molecular complexity index is 503. The van der Waals surface area contributed by atoms with Gasteiger partial charge < -0.3 is 5.32 Å². The summed E-state index contributed by atoms with van der Waals surface area (Å²) in [5, 5.41) is 22.9. The largest absolute Gasteiger partial charge is 0.382 e. The van der Waals surface area contributed by atoms with Gasteiger partial charge in [-0.15, -0.1) is 0 Å². The molecule has 1 aliphatic carbocycles. The third kappa shape index (κ3) is 2.43. The smallest absolute Gasteiger partial charge is 0.287 e. The summed E-state index contributed by atoms with van der Waals surface area (Å²) in [6, 6.07) is 6.80. The van der Waals surface area contributed by atoms with Crippen LogP contribution in [0.5, 0.6) is 0 Å². The van der Waals surface area contributed by atoms with Crippen LogP contribution in [0, 0.1) is 27.4 Å². The lowest BCUT2D eigenvalue weighted by Gasteiger charge is -2.32. The van der Waals surface area contributed by atoms with E-state index in [1.54, 1.807) is 12.1 Å². The van der Waals surface area contributed by atoms with Crippen molar-refractivity contribution in [2.24, 2.45) is 5.92 Å². The standard InChI is InChI=1S/C13H15N3O2/c1-9(10-3-2-4-10)15-12-5-6-13(16(17)18)11(7-12)8-14/h5-7,9-10,15H,2-4H2,1H3. The highest BCUT2D eigenvalue weighted by Gasteiger charge is 2.24. The zero-order chi connectivity index (χ0) is 13.1. The Morgan fingerprint density at radius 2 is 2.28 bits per heavy atom. The molecule has 0 spiro atoms. The molecule has 0 aliphatic heterocycles. The van der Waals surface area contributed by atoms with Crippen LogP contribution < -0.4 is 5.32 Å². The van der Waals surface area contributed by atoms with E-state index in [0.717, 1.165) is 5.69 Å². The number of nitrogens with zero attached hydrogens (tertiary/aromatic N) is 2. The molecule has 2 rings (SSSR count). The van der Waals surface area contributed by atoms with Gasteiger partial charge in [0.25, 0.3) is 5.69 Å². The lowest BCUT2D eigenvalue weighted by molar-refractivity contribution is -0.385. The molecule has 0 bridgehead atoms. The van der Waals surface area contributed by atoms with Crippen molar-refractivity contribution in [3.63, 3.8) is 0 Å². The molecule has 1 unspecified atom stereocenters. The molecule has 0 saturated heterocycles. The van der Waals surface area contributed by atoms with Gasteiger partial charge in [0.2, 0.25) is 0 Å². The summed E-state index contributed by atoms with van der Waals surface area (Å²) in [6.45, 7) is 2.11. The van der Waals surface area contributed by atoms with Crippen molar-refractivity contribution in [1.82, 2.24) is 0 Å². The lowest BCUT2D eigenvalue weighted by Crippen LogP contribution is -2.30. The first-order valence-electron chi connectivity index (χ1n) is 6.07. The second-order valence-electron chi connectivity index (χ2n) is 4.72. The maximum atomic E-state index is 10.7. The Morgan fingerprint density at radius 1 is 1.56 bits per heavy atom. The molecular formula is C13H15N3O2. The van der Waals surface area contributed by atoms with Gasteiger partial charge in [-0.3, -0.25) is 10.1 Å². The fourth-order valence-corrected chi connectivity index (χ4v) is 2.20. The van der Waals surface area contributed by atoms with Gasteiger partial charge >= 0.3 is 0 Å². The van der Waals surface area contributed by atoms with Crippen molar-refractivity contribution >= 4 is 11.4 Å². The second-order valence-corrected chi connectivity index (χ2v) is 4.72. The van der Waals surface area contributed by atoms with Crippen LogP contribution >= 0.6 is 0 Å². The number of hydrogen-bond donors (Lipinski definition) is 1. The van der Waals surface area contributed by atoms with Gasteiger partial charge in [0.15, 0.2) is 0 Å². The van der Waals surface area contributed by atoms with Crippen molar-refractivity contribution in [2.45, 2.75) is 32.2 Å². The molecule has 94 valence electrons. The number of nitrogens with one attached hydrogen (secondary N) is 1. The minimum absolute atomic E-state index is 0.103. The van der Waals surface area contributed by atoms with E-state index in [-0.39, 0.29) is 11.3 Å². The molecule has 1 atom stereocenters. The van der Waals surface area contributed by atoms with Gasteiger partial charge in [0.05, 0.1) is 4.92 Å². The number of nitro groups is 1. The van der Waals surface area contributed by atoms with E-state index >= 15 is 0 Å². The summed E-state index contributed by atoms with van der Waals surface area (Å²) in [6.07, 6.45) is 3.74. The average molecular weight is 245 g/mol. The third-order valence-corrected chi connectivity index (χ3v) is 3.56. The summed E-state index contributed by atoms with van der Waals surface area (Å²) in [7, 11) is 0. The van der Waals surface area contributed by atoms with Crippen LogP contribution in [0.3, 0.4) is 0 Å². The van der Waals surface area contributed by atoms with E-state index in [2.05, 4.69) is 12.2 Å². The van der Waals surface area contributed by atoms with E-state index in [4.69, 9.17) is 5.26 Å². The zero-order valence-corrected chi connectivity index (χ0v) is 10.2. The summed E-state index contributed by atoms with van der Waals surface area (Å²) in [5.74, 6) is 0.672. The number of benzene rings is 1. The van der Waals surface area contributed by atoms with Gasteiger partial charge in [-0.1, -0.05) is 6.42 Å². The number of nitriles is 1. The Morgan fingerprint density at radius 3 is 2.78 bits per heavy atom. The molecule has 5 nitrogen and oxygen atoms in total. The van der Waals surface area contributed by atoms with Crippen LogP contribution in [0.1, 0.15) is 31.7 Å². The van der Waals surface area contributed by atoms with Gasteiger partial charge in [0.1, 0.15) is 11.6 Å². The number of nitro benzene ring substituents is 1. The summed E-state index contributed by atoms with van der Waals surface area (Å²) >= 11 is 0. The van der Waals surface area contributed by atoms with Crippen LogP contribution in [0.15, 0.2) is 18.2 Å². The second kappa shape index (κ2) is 5.05. The van der Waals surface area contributed by atoms with Crippen molar-refractivity contribution in [3.8, 4) is 6.07 Å². The molecule has 5 heteroatoms. The van der Waals surface area contributed by atoms with E-state index in [9.17, 15) is 10.1 Å². The van der Waals surface area contributed by atoms with Gasteiger partial charge in [-0.2, -0.15) is 5.26 Å². The maximum absolute atomic E-state index is 10.7. The van der Waals surface area contributed by atoms with Crippen LogP contribution in [0.2, 0.25) is 0 Å². The molecule has 1 aromatic carbocycles. The Kier molecular flexibility index (Phi) is 3.47. The lowest BCUT2D eigenvalue weighted by atomic mass is 9.80. The van der Waals surface area contributed by atoms with Crippen LogP contribution in [0.25, 0.3) is 0 Å². The van der Waals surface area contributed by atoms with Crippen LogP contribution in [-0.4, -0.2) is 11.0 Å². The van der Waals surface area contributed by atoms with Crippen molar-refractivity contribution in [2.75, 3.05) is 5.32 Å². The topological polar surface area (TPSA) is 79.0 Å². The number of hydrogen-bond acceptors (Lipinski definition) is 4. The Balaban J connectivity index is 2.14. The normalized spacial score (nSPS) is 16.4. The van der Waals surface area contributed by atoms with Crippen molar-refractivity contribution in [1.29, 1.82) is 5.26 Å². The molecule has 0 amide bonds. The molecule has 0 aromatic heterocycles. The zero-order valence-electron chi connectivity index (χ0n) is 10.2. The average Bonchev–Trinajstić information content (AvgIpc) is 2.25. The minimum atomic E-state index is -0.530.